The first kappa shape index (κ1) is 18.0. The number of aromatic nitrogens is 1. The number of hydrazine groups is 1. The first-order valence-electron chi connectivity index (χ1n) is 8.79. The molecule has 7 heteroatoms. The van der Waals surface area contributed by atoms with Crippen molar-refractivity contribution in [3.8, 4) is 0 Å². The predicted molar refractivity (Wildman–Crippen MR) is 98.8 cm³/mol. The van der Waals surface area contributed by atoms with Crippen LogP contribution in [0.2, 0.25) is 0 Å². The van der Waals surface area contributed by atoms with E-state index in [1.54, 1.807) is 6.20 Å². The van der Waals surface area contributed by atoms with Gasteiger partial charge in [-0.2, -0.15) is 0 Å². The molecule has 3 heterocycles. The normalized spacial score (nSPS) is 24.8. The molecule has 1 aromatic heterocycles. The van der Waals surface area contributed by atoms with Crippen molar-refractivity contribution in [1.29, 1.82) is 0 Å². The van der Waals surface area contributed by atoms with Crippen molar-refractivity contribution >= 4 is 17.5 Å². The molecule has 1 aromatic rings. The zero-order valence-corrected chi connectivity index (χ0v) is 15.8. The van der Waals surface area contributed by atoms with Crippen molar-refractivity contribution < 1.29 is 4.79 Å². The van der Waals surface area contributed by atoms with E-state index in [9.17, 15) is 4.79 Å². The number of hydrogen-bond donors (Lipinski definition) is 2. The van der Waals surface area contributed by atoms with Crippen LogP contribution < -0.4 is 10.9 Å². The van der Waals surface area contributed by atoms with Gasteiger partial charge in [0, 0.05) is 50.3 Å². The largest absolute Gasteiger partial charge is 0.367 e. The summed E-state index contributed by atoms with van der Waals surface area (Å²) in [5, 5.41) is -0.638. The fourth-order valence-corrected chi connectivity index (χ4v) is 3.83. The molecule has 0 aromatic carbocycles. The Balaban J connectivity index is 1.66. The Bertz CT molecular complexity index is 663. The van der Waals surface area contributed by atoms with Gasteiger partial charge in [-0.15, -0.1) is 11.6 Å². The van der Waals surface area contributed by atoms with Gasteiger partial charge in [0.05, 0.1) is 5.70 Å². The number of amides is 1. The van der Waals surface area contributed by atoms with Crippen molar-refractivity contribution in [2.75, 3.05) is 19.6 Å². The minimum absolute atomic E-state index is 0.203. The lowest BCUT2D eigenvalue weighted by Gasteiger charge is -2.44. The predicted octanol–water partition coefficient (Wildman–Crippen LogP) is 1.79. The molecule has 2 aliphatic heterocycles. The lowest BCUT2D eigenvalue weighted by molar-refractivity contribution is -0.121. The Labute approximate surface area is 154 Å². The van der Waals surface area contributed by atoms with Crippen molar-refractivity contribution in [3.05, 3.63) is 41.5 Å². The summed E-state index contributed by atoms with van der Waals surface area (Å²) in [5.41, 5.74) is 8.65. The summed E-state index contributed by atoms with van der Waals surface area (Å²) in [6.07, 6.45) is 3.66. The van der Waals surface area contributed by atoms with Crippen LogP contribution in [-0.4, -0.2) is 51.7 Å². The minimum atomic E-state index is -0.638. The highest BCUT2D eigenvalue weighted by Gasteiger charge is 2.33. The smallest absolute Gasteiger partial charge is 0.262 e. The lowest BCUT2D eigenvalue weighted by Crippen LogP contribution is -2.55. The van der Waals surface area contributed by atoms with Gasteiger partial charge in [0.15, 0.2) is 5.38 Å². The zero-order chi connectivity index (χ0) is 18.0. The standard InChI is InChI=1S/C18H26ClN5O/c1-12(2)17-14(5-4-6-20-17)11-23-7-8-24(13(3)10-23)15-9-21-22-18(25)16(15)19/h4-6,9,12-13,16,21H,7-8,10-11H2,1-3H3,(H,22,25)/t13-,16?/m1/s1. The van der Waals surface area contributed by atoms with E-state index in [4.69, 9.17) is 11.6 Å². The van der Waals surface area contributed by atoms with Crippen LogP contribution in [0, 0.1) is 0 Å². The van der Waals surface area contributed by atoms with Crippen LogP contribution >= 0.6 is 11.6 Å². The molecule has 3 rings (SSSR count). The topological polar surface area (TPSA) is 60.5 Å². The SMILES string of the molecule is CC(C)c1ncccc1CN1CCN(C2=CNNC(=O)C2Cl)[C@H](C)C1. The van der Waals surface area contributed by atoms with Gasteiger partial charge in [0.2, 0.25) is 0 Å². The van der Waals surface area contributed by atoms with E-state index in [1.807, 2.05) is 12.3 Å². The van der Waals surface area contributed by atoms with E-state index in [0.29, 0.717) is 5.92 Å². The summed E-state index contributed by atoms with van der Waals surface area (Å²) in [6, 6.07) is 4.47. The van der Waals surface area contributed by atoms with E-state index in [2.05, 4.69) is 52.5 Å². The fourth-order valence-electron chi connectivity index (χ4n) is 3.59. The average molecular weight is 364 g/mol. The van der Waals surface area contributed by atoms with Crippen LogP contribution in [-0.2, 0) is 11.3 Å². The summed E-state index contributed by atoms with van der Waals surface area (Å²) in [4.78, 5) is 21.0. The van der Waals surface area contributed by atoms with E-state index < -0.39 is 5.38 Å². The number of hydrogen-bond acceptors (Lipinski definition) is 5. The molecule has 0 bridgehead atoms. The van der Waals surface area contributed by atoms with Crippen molar-refractivity contribution in [2.24, 2.45) is 0 Å². The Morgan fingerprint density at radius 3 is 2.92 bits per heavy atom. The monoisotopic (exact) mass is 363 g/mol. The van der Waals surface area contributed by atoms with Gasteiger partial charge in [0.25, 0.3) is 5.91 Å². The van der Waals surface area contributed by atoms with Crippen LogP contribution in [0.1, 0.15) is 37.9 Å². The molecule has 0 spiro atoms. The molecule has 1 fully saturated rings. The lowest BCUT2D eigenvalue weighted by atomic mass is 10.0. The molecule has 2 atom stereocenters. The quantitative estimate of drug-likeness (QED) is 0.799. The van der Waals surface area contributed by atoms with Gasteiger partial charge in [-0.25, -0.2) is 0 Å². The van der Waals surface area contributed by atoms with Crippen LogP contribution in [0.4, 0.5) is 0 Å². The van der Waals surface area contributed by atoms with Gasteiger partial charge in [0.1, 0.15) is 0 Å². The van der Waals surface area contributed by atoms with Crippen molar-refractivity contribution in [1.82, 2.24) is 25.6 Å². The highest BCUT2D eigenvalue weighted by atomic mass is 35.5. The highest BCUT2D eigenvalue weighted by molar-refractivity contribution is 6.32. The number of piperazine rings is 1. The molecule has 1 amide bonds. The minimum Gasteiger partial charge on any atom is -0.367 e. The van der Waals surface area contributed by atoms with Crippen molar-refractivity contribution in [3.63, 3.8) is 0 Å². The zero-order valence-electron chi connectivity index (χ0n) is 15.0. The molecule has 0 saturated carbocycles. The molecule has 25 heavy (non-hydrogen) atoms. The molecule has 1 saturated heterocycles. The summed E-state index contributed by atoms with van der Waals surface area (Å²) >= 11 is 6.27. The number of rotatable bonds is 4. The molecular formula is C18H26ClN5O. The second-order valence-electron chi connectivity index (χ2n) is 7.05. The molecule has 2 aliphatic rings. The number of carbonyl (C=O) groups is 1. The number of pyridine rings is 1. The van der Waals surface area contributed by atoms with Crippen LogP contribution in [0.3, 0.4) is 0 Å². The molecule has 0 aliphatic carbocycles. The number of nitrogens with one attached hydrogen (secondary N) is 2. The Morgan fingerprint density at radius 1 is 1.40 bits per heavy atom. The first-order chi connectivity index (χ1) is 12.0. The third kappa shape index (κ3) is 3.90. The Hall–Kier alpha value is -1.79. The highest BCUT2D eigenvalue weighted by Crippen LogP contribution is 2.24. The average Bonchev–Trinajstić information content (AvgIpc) is 2.58. The van der Waals surface area contributed by atoms with Crippen LogP contribution in [0.5, 0.6) is 0 Å². The second kappa shape index (κ2) is 7.62. The van der Waals surface area contributed by atoms with Gasteiger partial charge >= 0.3 is 0 Å². The summed E-state index contributed by atoms with van der Waals surface area (Å²) in [6.45, 7) is 10.1. The fraction of sp³-hybridized carbons (Fsp3) is 0.556. The van der Waals surface area contributed by atoms with E-state index in [1.165, 1.54) is 11.3 Å². The number of nitrogens with zero attached hydrogens (tertiary/aromatic N) is 3. The molecule has 2 N–H and O–H groups in total. The summed E-state index contributed by atoms with van der Waals surface area (Å²) < 4.78 is 0. The Kier molecular flexibility index (Phi) is 5.49. The second-order valence-corrected chi connectivity index (χ2v) is 7.48. The maximum Gasteiger partial charge on any atom is 0.262 e. The number of carbonyl (C=O) groups excluding carboxylic acids is 1. The number of alkyl halides is 1. The van der Waals surface area contributed by atoms with E-state index in [0.717, 1.165) is 31.9 Å². The van der Waals surface area contributed by atoms with Crippen LogP contribution in [0.15, 0.2) is 30.2 Å². The van der Waals surface area contributed by atoms with Gasteiger partial charge in [-0.1, -0.05) is 19.9 Å². The number of halogens is 1. The Morgan fingerprint density at radius 2 is 2.20 bits per heavy atom. The summed E-state index contributed by atoms with van der Waals surface area (Å²) in [7, 11) is 0. The van der Waals surface area contributed by atoms with Crippen LogP contribution in [0.25, 0.3) is 0 Å². The van der Waals surface area contributed by atoms with Gasteiger partial charge in [-0.3, -0.25) is 20.1 Å². The third-order valence-electron chi connectivity index (χ3n) is 4.82. The molecule has 1 unspecified atom stereocenters. The molecule has 6 nitrogen and oxygen atoms in total. The van der Waals surface area contributed by atoms with Crippen molar-refractivity contribution in [2.45, 2.75) is 44.7 Å². The molecular weight excluding hydrogens is 338 g/mol. The first-order valence-corrected chi connectivity index (χ1v) is 9.23. The maximum absolute atomic E-state index is 11.8. The molecule has 136 valence electrons. The maximum atomic E-state index is 11.8. The van der Waals surface area contributed by atoms with Gasteiger partial charge in [-0.05, 0) is 24.5 Å². The summed E-state index contributed by atoms with van der Waals surface area (Å²) in [5.74, 6) is 0.217. The van der Waals surface area contributed by atoms with E-state index in [-0.39, 0.29) is 11.9 Å². The molecule has 0 radical (unpaired) electrons. The van der Waals surface area contributed by atoms with E-state index >= 15 is 0 Å². The van der Waals surface area contributed by atoms with Gasteiger partial charge < -0.3 is 10.3 Å². The third-order valence-corrected chi connectivity index (χ3v) is 5.24.